The number of esters is 1. The Hall–Kier alpha value is -1.80. The number of likely N-dealkylation sites (N-methyl/N-ethyl adjacent to an activating group) is 1. The van der Waals surface area contributed by atoms with Crippen molar-refractivity contribution >= 4 is 33.3 Å². The number of carbonyl (C=O) groups is 2. The van der Waals surface area contributed by atoms with Gasteiger partial charge in [0.25, 0.3) is 5.91 Å². The van der Waals surface area contributed by atoms with Crippen LogP contribution in [-0.4, -0.2) is 62.0 Å². The van der Waals surface area contributed by atoms with Gasteiger partial charge in [-0.3, -0.25) is 4.79 Å². The highest BCUT2D eigenvalue weighted by Crippen LogP contribution is 2.19. The predicted octanol–water partition coefficient (Wildman–Crippen LogP) is 1.69. The first-order valence-corrected chi connectivity index (χ1v) is 10.5. The highest BCUT2D eigenvalue weighted by molar-refractivity contribution is 7.91. The van der Waals surface area contributed by atoms with Gasteiger partial charge in [-0.25, -0.2) is 13.2 Å². The quantitative estimate of drug-likeness (QED) is 0.643. The lowest BCUT2D eigenvalue weighted by molar-refractivity contribution is -0.161. The van der Waals surface area contributed by atoms with Gasteiger partial charge >= 0.3 is 5.97 Å². The van der Waals surface area contributed by atoms with Crippen molar-refractivity contribution in [3.63, 3.8) is 0 Å². The number of benzene rings is 1. The molecule has 26 heavy (non-hydrogen) atoms. The monoisotopic (exact) mass is 403 g/mol. The molecular formula is C17H22ClNO6S. The summed E-state index contributed by atoms with van der Waals surface area (Å²) in [5.74, 6) is -0.666. The molecule has 0 N–H and O–H groups in total. The minimum absolute atomic E-state index is 0.0505. The number of carbonyl (C=O) groups excluding carboxylic acids is 2. The van der Waals surface area contributed by atoms with Crippen LogP contribution in [0.3, 0.4) is 0 Å². The fourth-order valence-corrected chi connectivity index (χ4v) is 4.74. The molecule has 0 spiro atoms. The normalized spacial score (nSPS) is 19.6. The van der Waals surface area contributed by atoms with Crippen LogP contribution in [0.1, 0.15) is 20.3 Å². The zero-order valence-corrected chi connectivity index (χ0v) is 16.3. The van der Waals surface area contributed by atoms with Crippen molar-refractivity contribution in [3.05, 3.63) is 29.3 Å². The highest BCUT2D eigenvalue weighted by atomic mass is 35.5. The van der Waals surface area contributed by atoms with Crippen LogP contribution in [0.5, 0.6) is 5.75 Å². The van der Waals surface area contributed by atoms with E-state index in [4.69, 9.17) is 21.1 Å². The lowest BCUT2D eigenvalue weighted by Gasteiger charge is -2.29. The Morgan fingerprint density at radius 3 is 2.69 bits per heavy atom. The molecule has 1 fully saturated rings. The molecular weight excluding hydrogens is 382 g/mol. The maximum absolute atomic E-state index is 12.5. The average molecular weight is 404 g/mol. The third kappa shape index (κ3) is 5.60. The molecule has 0 aromatic heterocycles. The highest BCUT2D eigenvalue weighted by Gasteiger charge is 2.36. The molecule has 144 valence electrons. The molecule has 9 heteroatoms. The number of amides is 1. The molecule has 1 aromatic rings. The van der Waals surface area contributed by atoms with Crippen molar-refractivity contribution < 1.29 is 27.5 Å². The Kier molecular flexibility index (Phi) is 6.88. The van der Waals surface area contributed by atoms with Gasteiger partial charge in [0.05, 0.1) is 11.5 Å². The molecule has 2 atom stereocenters. The summed E-state index contributed by atoms with van der Waals surface area (Å²) in [7, 11) is -3.11. The molecule has 1 aliphatic rings. The predicted molar refractivity (Wildman–Crippen MR) is 96.9 cm³/mol. The van der Waals surface area contributed by atoms with Gasteiger partial charge in [0.1, 0.15) is 5.75 Å². The van der Waals surface area contributed by atoms with Gasteiger partial charge in [-0.15, -0.1) is 0 Å². The molecule has 0 unspecified atom stereocenters. The summed E-state index contributed by atoms with van der Waals surface area (Å²) < 4.78 is 33.7. The summed E-state index contributed by atoms with van der Waals surface area (Å²) in [6.07, 6.45) is -0.616. The van der Waals surface area contributed by atoms with Gasteiger partial charge < -0.3 is 14.4 Å². The number of hydrogen-bond donors (Lipinski definition) is 0. The van der Waals surface area contributed by atoms with E-state index in [0.717, 1.165) is 0 Å². The maximum Gasteiger partial charge on any atom is 0.344 e. The molecule has 0 bridgehead atoms. The van der Waals surface area contributed by atoms with E-state index in [1.807, 2.05) is 0 Å². The summed E-state index contributed by atoms with van der Waals surface area (Å²) in [5, 5.41) is 0.476. The van der Waals surface area contributed by atoms with Crippen LogP contribution in [0, 0.1) is 0 Å². The molecule has 2 rings (SSSR count). The first-order valence-electron chi connectivity index (χ1n) is 8.30. The van der Waals surface area contributed by atoms with Crippen molar-refractivity contribution in [1.29, 1.82) is 0 Å². The van der Waals surface area contributed by atoms with Crippen LogP contribution >= 0.6 is 11.6 Å². The number of rotatable bonds is 7. The minimum atomic E-state index is -3.11. The van der Waals surface area contributed by atoms with Crippen LogP contribution in [0.4, 0.5) is 0 Å². The Morgan fingerprint density at radius 1 is 1.38 bits per heavy atom. The Labute approximate surface area is 158 Å². The fraction of sp³-hybridized carbons (Fsp3) is 0.529. The van der Waals surface area contributed by atoms with Gasteiger partial charge in [-0.05, 0) is 38.5 Å². The molecule has 1 amide bonds. The largest absolute Gasteiger partial charge is 0.482 e. The van der Waals surface area contributed by atoms with E-state index < -0.39 is 27.8 Å². The SMILES string of the molecule is CCN(C(=O)[C@H](C)OC(=O)COc1cccc(Cl)c1)[C@H]1CCS(=O)(=O)C1. The number of nitrogens with zero attached hydrogens (tertiary/aromatic N) is 1. The van der Waals surface area contributed by atoms with Gasteiger partial charge in [-0.1, -0.05) is 17.7 Å². The standard InChI is InChI=1S/C17H22ClNO6S/c1-3-19(14-7-8-26(22,23)11-14)17(21)12(2)25-16(20)10-24-15-6-4-5-13(18)9-15/h4-6,9,12,14H,3,7-8,10-11H2,1-2H3/t12-,14-/m0/s1. The minimum Gasteiger partial charge on any atom is -0.482 e. The number of sulfone groups is 1. The lowest BCUT2D eigenvalue weighted by atomic mass is 10.2. The van der Waals surface area contributed by atoms with Crippen LogP contribution in [0.2, 0.25) is 5.02 Å². The summed E-state index contributed by atoms with van der Waals surface area (Å²) in [6.45, 7) is 3.22. The molecule has 7 nitrogen and oxygen atoms in total. The van der Waals surface area contributed by atoms with Crippen molar-refractivity contribution in [3.8, 4) is 5.75 Å². The molecule has 1 saturated heterocycles. The summed E-state index contributed by atoms with van der Waals surface area (Å²) >= 11 is 5.83. The molecule has 1 heterocycles. The first-order chi connectivity index (χ1) is 12.2. The number of ether oxygens (including phenoxy) is 2. The van der Waals surface area contributed by atoms with Gasteiger partial charge in [0.15, 0.2) is 22.5 Å². The summed E-state index contributed by atoms with van der Waals surface area (Å²) in [4.78, 5) is 25.9. The van der Waals surface area contributed by atoms with Crippen LogP contribution in [-0.2, 0) is 24.2 Å². The van der Waals surface area contributed by atoms with Crippen LogP contribution in [0.25, 0.3) is 0 Å². The van der Waals surface area contributed by atoms with Gasteiger partial charge in [0.2, 0.25) is 0 Å². The van der Waals surface area contributed by atoms with E-state index in [1.54, 1.807) is 31.2 Å². The second-order valence-corrected chi connectivity index (χ2v) is 8.72. The van der Waals surface area contributed by atoms with E-state index in [0.29, 0.717) is 23.7 Å². The second-order valence-electron chi connectivity index (χ2n) is 6.06. The molecule has 1 aliphatic heterocycles. The van der Waals surface area contributed by atoms with Crippen molar-refractivity contribution in [2.75, 3.05) is 24.7 Å². The number of halogens is 1. The zero-order valence-electron chi connectivity index (χ0n) is 14.7. The van der Waals surface area contributed by atoms with Gasteiger partial charge in [-0.2, -0.15) is 0 Å². The molecule has 0 radical (unpaired) electrons. The van der Waals surface area contributed by atoms with E-state index in [1.165, 1.54) is 11.8 Å². The maximum atomic E-state index is 12.5. The third-order valence-corrected chi connectivity index (χ3v) is 6.07. The molecule has 1 aromatic carbocycles. The summed E-state index contributed by atoms with van der Waals surface area (Å²) in [5.41, 5.74) is 0. The van der Waals surface area contributed by atoms with E-state index >= 15 is 0 Å². The Bertz CT molecular complexity index is 766. The van der Waals surface area contributed by atoms with Crippen molar-refractivity contribution in [2.24, 2.45) is 0 Å². The number of hydrogen-bond acceptors (Lipinski definition) is 6. The van der Waals surface area contributed by atoms with Crippen LogP contribution < -0.4 is 4.74 Å². The first kappa shape index (κ1) is 20.5. The smallest absolute Gasteiger partial charge is 0.344 e. The molecule has 0 aliphatic carbocycles. The average Bonchev–Trinajstić information content (AvgIpc) is 2.93. The van der Waals surface area contributed by atoms with E-state index in [-0.39, 0.29) is 24.2 Å². The molecule has 0 saturated carbocycles. The lowest BCUT2D eigenvalue weighted by Crippen LogP contribution is -2.46. The second kappa shape index (κ2) is 8.73. The van der Waals surface area contributed by atoms with Crippen molar-refractivity contribution in [2.45, 2.75) is 32.4 Å². The van der Waals surface area contributed by atoms with Gasteiger partial charge in [0, 0.05) is 17.6 Å². The Morgan fingerprint density at radius 2 is 2.12 bits per heavy atom. The zero-order chi connectivity index (χ0) is 19.3. The third-order valence-electron chi connectivity index (χ3n) is 4.08. The topological polar surface area (TPSA) is 90.0 Å². The Balaban J connectivity index is 1.87. The van der Waals surface area contributed by atoms with Crippen molar-refractivity contribution in [1.82, 2.24) is 4.90 Å². The fourth-order valence-electron chi connectivity index (χ4n) is 2.83. The summed E-state index contributed by atoms with van der Waals surface area (Å²) in [6, 6.07) is 6.19. The van der Waals surface area contributed by atoms with E-state index in [9.17, 15) is 18.0 Å². The van der Waals surface area contributed by atoms with Crippen LogP contribution in [0.15, 0.2) is 24.3 Å². The van der Waals surface area contributed by atoms with E-state index in [2.05, 4.69) is 0 Å².